The molecule has 1 atom stereocenters. The van der Waals surface area contributed by atoms with Gasteiger partial charge >= 0.3 is 0 Å². The van der Waals surface area contributed by atoms with Crippen LogP contribution in [0.3, 0.4) is 0 Å². The Hall–Kier alpha value is -2.99. The fourth-order valence-electron chi connectivity index (χ4n) is 4.20. The van der Waals surface area contributed by atoms with Gasteiger partial charge in [0.15, 0.2) is 0 Å². The van der Waals surface area contributed by atoms with Gasteiger partial charge in [-0.3, -0.25) is 4.31 Å². The molecule has 1 aliphatic carbocycles. The van der Waals surface area contributed by atoms with Gasteiger partial charge < -0.3 is 10.5 Å². The standard InChI is InChI=1S/C20H21N5O3S/c1-12-17-18(13-3-5-14(6-4-13)24-9-2-10-29(24,26)27)16(11-21)19(22)28-20(17)25(23-12)15-7-8-15/h3-6,15,18H,2,7-10,22H2,1H3. The zero-order chi connectivity index (χ0) is 20.3. The molecule has 0 amide bonds. The summed E-state index contributed by atoms with van der Waals surface area (Å²) >= 11 is 0. The van der Waals surface area contributed by atoms with Crippen molar-refractivity contribution in [3.8, 4) is 11.9 Å². The number of hydrogen-bond donors (Lipinski definition) is 1. The van der Waals surface area contributed by atoms with E-state index in [2.05, 4.69) is 11.2 Å². The lowest BCUT2D eigenvalue weighted by Gasteiger charge is -2.25. The second-order valence-electron chi connectivity index (χ2n) is 7.74. The third-order valence-electron chi connectivity index (χ3n) is 5.76. The number of rotatable bonds is 3. The smallest absolute Gasteiger partial charge is 0.235 e. The largest absolute Gasteiger partial charge is 0.422 e. The van der Waals surface area contributed by atoms with E-state index in [-0.39, 0.29) is 17.6 Å². The fraction of sp³-hybridized carbons (Fsp3) is 0.400. The van der Waals surface area contributed by atoms with Crippen LogP contribution in [0.15, 0.2) is 35.7 Å². The van der Waals surface area contributed by atoms with Gasteiger partial charge in [-0.15, -0.1) is 0 Å². The van der Waals surface area contributed by atoms with E-state index in [0.717, 1.165) is 29.7 Å². The molecule has 29 heavy (non-hydrogen) atoms. The van der Waals surface area contributed by atoms with E-state index in [1.54, 1.807) is 12.1 Å². The van der Waals surface area contributed by atoms with Gasteiger partial charge in [0.25, 0.3) is 0 Å². The third-order valence-corrected chi connectivity index (χ3v) is 7.63. The Morgan fingerprint density at radius 3 is 2.59 bits per heavy atom. The van der Waals surface area contributed by atoms with Crippen molar-refractivity contribution in [2.75, 3.05) is 16.6 Å². The van der Waals surface area contributed by atoms with Gasteiger partial charge in [0.2, 0.25) is 21.8 Å². The van der Waals surface area contributed by atoms with E-state index in [9.17, 15) is 13.7 Å². The average molecular weight is 411 g/mol. The fourth-order valence-corrected chi connectivity index (χ4v) is 5.77. The minimum absolute atomic E-state index is 0.0954. The van der Waals surface area contributed by atoms with E-state index >= 15 is 0 Å². The van der Waals surface area contributed by atoms with E-state index in [4.69, 9.17) is 10.5 Å². The number of allylic oxidation sites excluding steroid dienone is 1. The van der Waals surface area contributed by atoms with Gasteiger partial charge in [-0.2, -0.15) is 10.4 Å². The number of anilines is 1. The zero-order valence-electron chi connectivity index (χ0n) is 16.0. The summed E-state index contributed by atoms with van der Waals surface area (Å²) in [5.41, 5.74) is 9.60. The molecule has 8 nitrogen and oxygen atoms in total. The number of hydrogen-bond acceptors (Lipinski definition) is 6. The highest BCUT2D eigenvalue weighted by molar-refractivity contribution is 7.93. The molecular formula is C20H21N5O3S. The first-order valence-corrected chi connectivity index (χ1v) is 11.3. The molecule has 1 aromatic carbocycles. The highest BCUT2D eigenvalue weighted by atomic mass is 32.2. The van der Waals surface area contributed by atoms with E-state index < -0.39 is 10.0 Å². The molecule has 0 bridgehead atoms. The molecule has 2 N–H and O–H groups in total. The summed E-state index contributed by atoms with van der Waals surface area (Å²) in [6.45, 7) is 2.41. The van der Waals surface area contributed by atoms with Crippen molar-refractivity contribution in [3.63, 3.8) is 0 Å². The van der Waals surface area contributed by atoms with Gasteiger partial charge in [0, 0.05) is 6.54 Å². The SMILES string of the molecule is Cc1nn(C2CC2)c2c1C(c1ccc(N3CCCS3(=O)=O)cc1)C(C#N)=C(N)O2. The van der Waals surface area contributed by atoms with E-state index in [0.29, 0.717) is 36.1 Å². The topological polar surface area (TPSA) is 114 Å². The molecule has 1 aromatic heterocycles. The maximum Gasteiger partial charge on any atom is 0.235 e. The first-order valence-electron chi connectivity index (χ1n) is 9.67. The van der Waals surface area contributed by atoms with E-state index in [1.165, 1.54) is 4.31 Å². The predicted molar refractivity (Wildman–Crippen MR) is 107 cm³/mol. The Bertz CT molecular complexity index is 1170. The van der Waals surface area contributed by atoms with Crippen LogP contribution >= 0.6 is 0 Å². The zero-order valence-corrected chi connectivity index (χ0v) is 16.8. The minimum Gasteiger partial charge on any atom is -0.422 e. The van der Waals surface area contributed by atoms with Gasteiger partial charge in [-0.25, -0.2) is 13.1 Å². The first kappa shape index (κ1) is 18.1. The van der Waals surface area contributed by atoms with Crippen molar-refractivity contribution < 1.29 is 13.2 Å². The molecule has 2 fully saturated rings. The normalized spacial score (nSPS) is 22.9. The summed E-state index contributed by atoms with van der Waals surface area (Å²) in [5.74, 6) is 0.492. The third kappa shape index (κ3) is 2.78. The Balaban J connectivity index is 1.59. The lowest BCUT2D eigenvalue weighted by molar-refractivity contribution is 0.347. The van der Waals surface area contributed by atoms with Crippen LogP contribution in [0.5, 0.6) is 5.88 Å². The Morgan fingerprint density at radius 1 is 1.28 bits per heavy atom. The summed E-state index contributed by atoms with van der Waals surface area (Å²) in [6, 6.07) is 9.82. The number of aryl methyl sites for hydroxylation is 1. The van der Waals surface area contributed by atoms with Crippen LogP contribution in [0.4, 0.5) is 5.69 Å². The summed E-state index contributed by atoms with van der Waals surface area (Å²) in [4.78, 5) is 0. The molecule has 1 saturated heterocycles. The van der Waals surface area contributed by atoms with Crippen LogP contribution in [0.2, 0.25) is 0 Å². The number of nitrogens with zero attached hydrogens (tertiary/aromatic N) is 4. The Morgan fingerprint density at radius 2 is 2.00 bits per heavy atom. The van der Waals surface area contributed by atoms with Crippen molar-refractivity contribution in [2.24, 2.45) is 5.73 Å². The highest BCUT2D eigenvalue weighted by Crippen LogP contribution is 2.48. The molecule has 0 spiro atoms. The minimum atomic E-state index is -3.24. The van der Waals surface area contributed by atoms with Crippen molar-refractivity contribution >= 4 is 15.7 Å². The highest BCUT2D eigenvalue weighted by Gasteiger charge is 2.39. The van der Waals surface area contributed by atoms with Crippen molar-refractivity contribution in [1.82, 2.24) is 9.78 Å². The van der Waals surface area contributed by atoms with Gasteiger partial charge in [0.1, 0.15) is 11.6 Å². The number of fused-ring (bicyclic) bond motifs is 1. The lowest BCUT2D eigenvalue weighted by Crippen LogP contribution is -2.25. The predicted octanol–water partition coefficient (Wildman–Crippen LogP) is 2.28. The molecule has 3 aliphatic rings. The number of sulfonamides is 1. The molecular weight excluding hydrogens is 390 g/mol. The van der Waals surface area contributed by atoms with E-state index in [1.807, 2.05) is 23.7 Å². The lowest BCUT2D eigenvalue weighted by atomic mass is 9.84. The van der Waals surface area contributed by atoms with Crippen LogP contribution in [0.25, 0.3) is 0 Å². The molecule has 5 rings (SSSR count). The van der Waals surface area contributed by atoms with Crippen molar-refractivity contribution in [3.05, 3.63) is 52.5 Å². The van der Waals surface area contributed by atoms with Crippen LogP contribution in [0, 0.1) is 18.3 Å². The Kier molecular flexibility index (Phi) is 3.90. The molecule has 1 saturated carbocycles. The number of nitrogens with two attached hydrogens (primary N) is 1. The molecule has 9 heteroatoms. The van der Waals surface area contributed by atoms with Gasteiger partial charge in [-0.1, -0.05) is 12.1 Å². The molecule has 1 unspecified atom stereocenters. The maximum absolute atomic E-state index is 12.2. The van der Waals surface area contributed by atoms with Crippen LogP contribution < -0.4 is 14.8 Å². The van der Waals surface area contributed by atoms with Crippen LogP contribution in [-0.4, -0.2) is 30.5 Å². The second-order valence-corrected chi connectivity index (χ2v) is 9.75. The molecule has 0 radical (unpaired) electrons. The number of benzene rings is 1. The first-order chi connectivity index (χ1) is 13.9. The maximum atomic E-state index is 12.2. The van der Waals surface area contributed by atoms with Crippen LogP contribution in [-0.2, 0) is 10.0 Å². The summed E-state index contributed by atoms with van der Waals surface area (Å²) < 4.78 is 33.5. The van der Waals surface area contributed by atoms with Gasteiger partial charge in [-0.05, 0) is 43.9 Å². The van der Waals surface area contributed by atoms with Crippen molar-refractivity contribution in [2.45, 2.75) is 38.1 Å². The van der Waals surface area contributed by atoms with Crippen LogP contribution in [0.1, 0.15) is 48.0 Å². The molecule has 2 aliphatic heterocycles. The molecule has 2 aromatic rings. The molecule has 3 heterocycles. The summed E-state index contributed by atoms with van der Waals surface area (Å²) in [5, 5.41) is 14.4. The second kappa shape index (κ2) is 6.26. The number of aromatic nitrogens is 2. The number of ether oxygens (including phenoxy) is 1. The van der Waals surface area contributed by atoms with Gasteiger partial charge in [0.05, 0.1) is 34.7 Å². The van der Waals surface area contributed by atoms with Crippen molar-refractivity contribution in [1.29, 1.82) is 5.26 Å². The number of nitriles is 1. The summed E-state index contributed by atoms with van der Waals surface area (Å²) in [6.07, 6.45) is 2.73. The molecule has 150 valence electrons. The monoisotopic (exact) mass is 411 g/mol. The quantitative estimate of drug-likeness (QED) is 0.829. The average Bonchev–Trinajstić information content (AvgIpc) is 3.40. The Labute approximate surface area is 169 Å². The summed E-state index contributed by atoms with van der Waals surface area (Å²) in [7, 11) is -3.24.